The summed E-state index contributed by atoms with van der Waals surface area (Å²) in [6.07, 6.45) is 0. The van der Waals surface area contributed by atoms with Crippen molar-refractivity contribution in [1.29, 1.82) is 0 Å². The fraction of sp³-hybridized carbons (Fsp3) is 0.250. The molecule has 4 rings (SSSR count). The number of para-hydroxylation sites is 2. The summed E-state index contributed by atoms with van der Waals surface area (Å²) in [4.78, 5) is 4.71. The van der Waals surface area contributed by atoms with Crippen LogP contribution in [-0.2, 0) is 5.41 Å². The minimum Gasteiger partial charge on any atom is -0.336 e. The first-order valence-electron chi connectivity index (χ1n) is 12.1. The van der Waals surface area contributed by atoms with Gasteiger partial charge in [-0.15, -0.1) is 0 Å². The summed E-state index contributed by atoms with van der Waals surface area (Å²) in [6.45, 7) is 13.5. The van der Waals surface area contributed by atoms with Gasteiger partial charge in [0.2, 0.25) is 0 Å². The highest BCUT2D eigenvalue weighted by atomic mass is 15.2. The Labute approximate surface area is 205 Å². The predicted molar refractivity (Wildman–Crippen MR) is 148 cm³/mol. The molecule has 2 nitrogen and oxygen atoms in total. The number of nitrogens with zero attached hydrogens (tertiary/aromatic N) is 2. The molecule has 4 aromatic carbocycles. The van der Waals surface area contributed by atoms with Crippen molar-refractivity contribution in [2.75, 3.05) is 9.80 Å². The number of rotatable bonds is 5. The van der Waals surface area contributed by atoms with E-state index >= 15 is 0 Å². The first-order valence-corrected chi connectivity index (χ1v) is 12.1. The summed E-state index contributed by atoms with van der Waals surface area (Å²) >= 11 is 0. The zero-order valence-corrected chi connectivity index (χ0v) is 21.3. The second kappa shape index (κ2) is 9.38. The Morgan fingerprint density at radius 1 is 0.412 bits per heavy atom. The first kappa shape index (κ1) is 23.6. The molecule has 0 aliphatic heterocycles. The monoisotopic (exact) mass is 448 g/mol. The highest BCUT2D eigenvalue weighted by Gasteiger charge is 2.24. The number of anilines is 5. The normalized spacial score (nSPS) is 11.8. The molecule has 0 bridgehead atoms. The van der Waals surface area contributed by atoms with E-state index in [-0.39, 0.29) is 11.0 Å². The summed E-state index contributed by atoms with van der Waals surface area (Å²) in [5.41, 5.74) is 7.23. The van der Waals surface area contributed by atoms with Gasteiger partial charge in [-0.05, 0) is 92.4 Å². The van der Waals surface area contributed by atoms with Gasteiger partial charge in [0.15, 0.2) is 0 Å². The Kier molecular flexibility index (Phi) is 6.52. The molecule has 0 heterocycles. The molecule has 0 amide bonds. The maximum Gasteiger partial charge on any atom is 0.0463 e. The SMILES string of the molecule is CC(C)(C)c1ccc(N(c2ccccc2)c2ccc(N(c3ccccc3)C(C)(C)C)cc2)cc1. The van der Waals surface area contributed by atoms with Gasteiger partial charge in [-0.25, -0.2) is 0 Å². The Balaban J connectivity index is 1.75. The van der Waals surface area contributed by atoms with Crippen LogP contribution in [0.4, 0.5) is 28.4 Å². The van der Waals surface area contributed by atoms with Crippen LogP contribution in [0, 0.1) is 0 Å². The summed E-state index contributed by atoms with van der Waals surface area (Å²) in [6, 6.07) is 39.0. The molecule has 0 saturated heterocycles. The van der Waals surface area contributed by atoms with Crippen LogP contribution in [0.5, 0.6) is 0 Å². The van der Waals surface area contributed by atoms with Gasteiger partial charge in [0.05, 0.1) is 0 Å². The van der Waals surface area contributed by atoms with Crippen molar-refractivity contribution in [2.24, 2.45) is 0 Å². The third kappa shape index (κ3) is 5.17. The smallest absolute Gasteiger partial charge is 0.0463 e. The molecule has 0 atom stereocenters. The van der Waals surface area contributed by atoms with Gasteiger partial charge in [-0.2, -0.15) is 0 Å². The minimum atomic E-state index is -0.0508. The van der Waals surface area contributed by atoms with Crippen LogP contribution in [-0.4, -0.2) is 5.54 Å². The molecule has 0 unspecified atom stereocenters. The summed E-state index contributed by atoms with van der Waals surface area (Å²) in [5, 5.41) is 0. The number of hydrogen-bond acceptors (Lipinski definition) is 2. The maximum absolute atomic E-state index is 2.39. The molecule has 34 heavy (non-hydrogen) atoms. The third-order valence-corrected chi connectivity index (χ3v) is 6.06. The van der Waals surface area contributed by atoms with Crippen molar-refractivity contribution in [3.05, 3.63) is 115 Å². The molecule has 0 aromatic heterocycles. The summed E-state index contributed by atoms with van der Waals surface area (Å²) in [5.74, 6) is 0. The maximum atomic E-state index is 2.39. The molecule has 174 valence electrons. The Hall–Kier alpha value is -3.52. The van der Waals surface area contributed by atoms with Gasteiger partial charge in [0.1, 0.15) is 0 Å². The molecule has 0 aliphatic rings. The molecular weight excluding hydrogens is 412 g/mol. The van der Waals surface area contributed by atoms with E-state index in [0.29, 0.717) is 0 Å². The average Bonchev–Trinajstić information content (AvgIpc) is 2.81. The molecular formula is C32H36N2. The number of hydrogen-bond donors (Lipinski definition) is 0. The van der Waals surface area contributed by atoms with Gasteiger partial charge in [-0.3, -0.25) is 0 Å². The second-order valence-corrected chi connectivity index (χ2v) is 10.8. The first-order chi connectivity index (χ1) is 16.1. The van der Waals surface area contributed by atoms with Crippen LogP contribution in [0.3, 0.4) is 0 Å². The quantitative estimate of drug-likeness (QED) is 0.300. The lowest BCUT2D eigenvalue weighted by atomic mass is 9.87. The number of benzene rings is 4. The van der Waals surface area contributed by atoms with Crippen molar-refractivity contribution in [1.82, 2.24) is 0 Å². The topological polar surface area (TPSA) is 6.48 Å². The summed E-state index contributed by atoms with van der Waals surface area (Å²) in [7, 11) is 0. The van der Waals surface area contributed by atoms with E-state index in [9.17, 15) is 0 Å². The molecule has 0 fully saturated rings. The fourth-order valence-electron chi connectivity index (χ4n) is 4.39. The second-order valence-electron chi connectivity index (χ2n) is 10.8. The predicted octanol–water partition coefficient (Wildman–Crippen LogP) is 9.39. The van der Waals surface area contributed by atoms with Crippen LogP contribution in [0.2, 0.25) is 0 Å². The van der Waals surface area contributed by atoms with Gasteiger partial charge in [0.25, 0.3) is 0 Å². The lowest BCUT2D eigenvalue weighted by Gasteiger charge is -2.38. The van der Waals surface area contributed by atoms with Gasteiger partial charge in [-0.1, -0.05) is 69.3 Å². The van der Waals surface area contributed by atoms with E-state index in [1.807, 2.05) is 0 Å². The zero-order chi connectivity index (χ0) is 24.3. The van der Waals surface area contributed by atoms with E-state index in [1.54, 1.807) is 0 Å². The highest BCUT2D eigenvalue weighted by Crippen LogP contribution is 2.38. The minimum absolute atomic E-state index is 0.0508. The highest BCUT2D eigenvalue weighted by molar-refractivity contribution is 5.78. The third-order valence-electron chi connectivity index (χ3n) is 6.06. The standard InChI is InChI=1S/C32H36N2/c1-31(2,3)25-17-19-27(20-18-25)33(26-13-9-7-10-14-26)28-21-23-30(24-22-28)34(32(4,5)6)29-15-11-8-12-16-29/h7-24H,1-6H3. The van der Waals surface area contributed by atoms with Crippen molar-refractivity contribution in [2.45, 2.75) is 52.5 Å². The van der Waals surface area contributed by atoms with Crippen molar-refractivity contribution in [3.8, 4) is 0 Å². The van der Waals surface area contributed by atoms with E-state index in [2.05, 4.69) is 161 Å². The molecule has 0 aliphatic carbocycles. The zero-order valence-electron chi connectivity index (χ0n) is 21.3. The fourth-order valence-corrected chi connectivity index (χ4v) is 4.39. The Bertz CT molecular complexity index is 1180. The molecule has 2 heteroatoms. The van der Waals surface area contributed by atoms with Crippen molar-refractivity contribution >= 4 is 28.4 Å². The average molecular weight is 449 g/mol. The Morgan fingerprint density at radius 3 is 1.21 bits per heavy atom. The van der Waals surface area contributed by atoms with Gasteiger partial charge in [0, 0.05) is 34.0 Å². The van der Waals surface area contributed by atoms with E-state index in [4.69, 9.17) is 0 Å². The summed E-state index contributed by atoms with van der Waals surface area (Å²) < 4.78 is 0. The molecule has 0 saturated carbocycles. The van der Waals surface area contributed by atoms with Crippen LogP contribution < -0.4 is 9.80 Å². The lowest BCUT2D eigenvalue weighted by molar-refractivity contribution is 0.560. The molecule has 4 aromatic rings. The van der Waals surface area contributed by atoms with E-state index < -0.39 is 0 Å². The van der Waals surface area contributed by atoms with E-state index in [1.165, 1.54) is 16.9 Å². The Morgan fingerprint density at radius 2 is 0.765 bits per heavy atom. The van der Waals surface area contributed by atoms with Crippen LogP contribution >= 0.6 is 0 Å². The largest absolute Gasteiger partial charge is 0.336 e. The van der Waals surface area contributed by atoms with Crippen LogP contribution in [0.15, 0.2) is 109 Å². The molecule has 0 radical (unpaired) electrons. The molecule has 0 spiro atoms. The van der Waals surface area contributed by atoms with Crippen LogP contribution in [0.1, 0.15) is 47.1 Å². The van der Waals surface area contributed by atoms with Crippen molar-refractivity contribution in [3.63, 3.8) is 0 Å². The van der Waals surface area contributed by atoms with Gasteiger partial charge < -0.3 is 9.80 Å². The van der Waals surface area contributed by atoms with Crippen molar-refractivity contribution < 1.29 is 0 Å². The van der Waals surface area contributed by atoms with Gasteiger partial charge >= 0.3 is 0 Å². The van der Waals surface area contributed by atoms with Crippen LogP contribution in [0.25, 0.3) is 0 Å². The lowest BCUT2D eigenvalue weighted by Crippen LogP contribution is -2.37. The van der Waals surface area contributed by atoms with E-state index in [0.717, 1.165) is 17.1 Å². The molecule has 0 N–H and O–H groups in total.